The lowest BCUT2D eigenvalue weighted by molar-refractivity contribution is 0.0694. The molecular weight excluding hydrogens is 218 g/mol. The number of hydrogen-bond donors (Lipinski definition) is 2. The highest BCUT2D eigenvalue weighted by Gasteiger charge is 2.16. The number of rotatable bonds is 2. The second-order valence-electron chi connectivity index (χ2n) is 3.75. The van der Waals surface area contributed by atoms with Gasteiger partial charge in [-0.1, -0.05) is 29.8 Å². The molecule has 2 rings (SSSR count). The zero-order chi connectivity index (χ0) is 12.4. The number of aromatic hydroxyl groups is 1. The van der Waals surface area contributed by atoms with E-state index in [0.29, 0.717) is 5.56 Å². The molecule has 4 nitrogen and oxygen atoms in total. The molecule has 1 aromatic carbocycles. The van der Waals surface area contributed by atoms with Crippen LogP contribution in [0.25, 0.3) is 11.1 Å². The first-order valence-electron chi connectivity index (χ1n) is 5.07. The van der Waals surface area contributed by atoms with E-state index >= 15 is 0 Å². The van der Waals surface area contributed by atoms with E-state index in [1.165, 1.54) is 6.20 Å². The van der Waals surface area contributed by atoms with E-state index < -0.39 is 5.97 Å². The summed E-state index contributed by atoms with van der Waals surface area (Å²) in [5.41, 5.74) is 2.09. The number of aryl methyl sites for hydroxylation is 1. The predicted octanol–water partition coefficient (Wildman–Crippen LogP) is 2.46. The zero-order valence-corrected chi connectivity index (χ0v) is 9.21. The Hall–Kier alpha value is -2.36. The fourth-order valence-electron chi connectivity index (χ4n) is 1.63. The summed E-state index contributed by atoms with van der Waals surface area (Å²) in [5, 5.41) is 18.6. The first-order chi connectivity index (χ1) is 8.09. The number of aromatic nitrogens is 1. The lowest BCUT2D eigenvalue weighted by Crippen LogP contribution is -2.01. The van der Waals surface area contributed by atoms with Crippen LogP contribution in [0, 0.1) is 6.92 Å². The molecule has 0 aliphatic heterocycles. The van der Waals surface area contributed by atoms with Gasteiger partial charge in [0.05, 0.1) is 6.20 Å². The molecule has 1 heterocycles. The smallest absolute Gasteiger partial charge is 0.340 e. The molecule has 0 amide bonds. The number of hydrogen-bond acceptors (Lipinski definition) is 3. The van der Waals surface area contributed by atoms with E-state index in [9.17, 15) is 9.90 Å². The number of nitrogens with zero attached hydrogens (tertiary/aromatic N) is 1. The minimum absolute atomic E-state index is 0.121. The number of aromatic carboxylic acids is 1. The maximum Gasteiger partial charge on any atom is 0.340 e. The van der Waals surface area contributed by atoms with Gasteiger partial charge in [-0.25, -0.2) is 4.79 Å². The molecule has 0 unspecified atom stereocenters. The van der Waals surface area contributed by atoms with E-state index in [2.05, 4.69) is 4.98 Å². The molecule has 2 N–H and O–H groups in total. The lowest BCUT2D eigenvalue weighted by atomic mass is 10.0. The van der Waals surface area contributed by atoms with Crippen molar-refractivity contribution in [1.29, 1.82) is 0 Å². The standard InChI is InChI=1S/C13H11NO3/c1-8-2-4-9(5-3-8)10-6-14-7-11(15)12(10)13(16)17/h2-7,15H,1H3,(H,16,17). The van der Waals surface area contributed by atoms with Crippen LogP contribution in [0.3, 0.4) is 0 Å². The molecule has 0 radical (unpaired) electrons. The van der Waals surface area contributed by atoms with E-state index in [1.807, 2.05) is 19.1 Å². The Balaban J connectivity index is 2.63. The minimum Gasteiger partial charge on any atom is -0.505 e. The zero-order valence-electron chi connectivity index (χ0n) is 9.21. The average molecular weight is 229 g/mol. The van der Waals surface area contributed by atoms with Crippen molar-refractivity contribution in [3.05, 3.63) is 47.8 Å². The summed E-state index contributed by atoms with van der Waals surface area (Å²) in [6, 6.07) is 7.37. The predicted molar refractivity (Wildman–Crippen MR) is 63.0 cm³/mol. The van der Waals surface area contributed by atoms with Gasteiger partial charge in [0.2, 0.25) is 0 Å². The van der Waals surface area contributed by atoms with Crippen molar-refractivity contribution in [3.8, 4) is 16.9 Å². The Labute approximate surface area is 98.2 Å². The van der Waals surface area contributed by atoms with E-state index in [0.717, 1.165) is 17.3 Å². The monoisotopic (exact) mass is 229 g/mol. The fourth-order valence-corrected chi connectivity index (χ4v) is 1.63. The van der Waals surface area contributed by atoms with Crippen LogP contribution in [0.15, 0.2) is 36.7 Å². The Morgan fingerprint density at radius 2 is 1.82 bits per heavy atom. The van der Waals surface area contributed by atoms with Crippen LogP contribution in [0.2, 0.25) is 0 Å². The molecule has 0 aliphatic rings. The van der Waals surface area contributed by atoms with Gasteiger partial charge < -0.3 is 10.2 Å². The molecule has 0 atom stereocenters. The van der Waals surface area contributed by atoms with Gasteiger partial charge in [-0.2, -0.15) is 0 Å². The van der Waals surface area contributed by atoms with Crippen molar-refractivity contribution in [2.45, 2.75) is 6.92 Å². The largest absolute Gasteiger partial charge is 0.505 e. The second-order valence-corrected chi connectivity index (χ2v) is 3.75. The number of benzene rings is 1. The van der Waals surface area contributed by atoms with Crippen molar-refractivity contribution in [2.24, 2.45) is 0 Å². The quantitative estimate of drug-likeness (QED) is 0.829. The van der Waals surface area contributed by atoms with Gasteiger partial charge >= 0.3 is 5.97 Å². The second kappa shape index (κ2) is 4.25. The molecule has 0 fully saturated rings. The molecular formula is C13H11NO3. The van der Waals surface area contributed by atoms with Gasteiger partial charge in [0.15, 0.2) is 0 Å². The molecule has 86 valence electrons. The number of carboxylic acids is 1. The fraction of sp³-hybridized carbons (Fsp3) is 0.0769. The Kier molecular flexibility index (Phi) is 2.78. The van der Waals surface area contributed by atoms with Crippen LogP contribution in [0.1, 0.15) is 15.9 Å². The van der Waals surface area contributed by atoms with Crippen molar-refractivity contribution in [3.63, 3.8) is 0 Å². The topological polar surface area (TPSA) is 70.4 Å². The lowest BCUT2D eigenvalue weighted by Gasteiger charge is -2.07. The SMILES string of the molecule is Cc1ccc(-c2cncc(O)c2C(=O)O)cc1. The molecule has 0 saturated carbocycles. The summed E-state index contributed by atoms with van der Waals surface area (Å²) < 4.78 is 0. The molecule has 0 spiro atoms. The van der Waals surface area contributed by atoms with Gasteiger partial charge in [0.1, 0.15) is 11.3 Å². The van der Waals surface area contributed by atoms with E-state index in [4.69, 9.17) is 5.11 Å². The van der Waals surface area contributed by atoms with Gasteiger partial charge in [0, 0.05) is 11.8 Å². The molecule has 0 aliphatic carbocycles. The summed E-state index contributed by atoms with van der Waals surface area (Å²) in [5.74, 6) is -1.49. The van der Waals surface area contributed by atoms with Crippen LogP contribution in [-0.4, -0.2) is 21.2 Å². The van der Waals surface area contributed by atoms with Crippen molar-refractivity contribution < 1.29 is 15.0 Å². The normalized spacial score (nSPS) is 10.2. The number of carbonyl (C=O) groups is 1. The number of pyridine rings is 1. The summed E-state index contributed by atoms with van der Waals surface area (Å²) in [6.07, 6.45) is 2.56. The first-order valence-corrected chi connectivity index (χ1v) is 5.07. The highest BCUT2D eigenvalue weighted by atomic mass is 16.4. The van der Waals surface area contributed by atoms with Crippen LogP contribution in [0.4, 0.5) is 0 Å². The molecule has 17 heavy (non-hydrogen) atoms. The van der Waals surface area contributed by atoms with E-state index in [1.54, 1.807) is 12.1 Å². The summed E-state index contributed by atoms with van der Waals surface area (Å²) in [4.78, 5) is 14.9. The van der Waals surface area contributed by atoms with Crippen molar-refractivity contribution >= 4 is 5.97 Å². The van der Waals surface area contributed by atoms with Gasteiger partial charge in [0.25, 0.3) is 0 Å². The van der Waals surface area contributed by atoms with Gasteiger partial charge in [-0.3, -0.25) is 4.98 Å². The molecule has 2 aromatic rings. The third-order valence-electron chi connectivity index (χ3n) is 2.50. The van der Waals surface area contributed by atoms with Crippen LogP contribution in [0.5, 0.6) is 5.75 Å². The molecule has 0 bridgehead atoms. The summed E-state index contributed by atoms with van der Waals surface area (Å²) >= 11 is 0. The van der Waals surface area contributed by atoms with Gasteiger partial charge in [-0.05, 0) is 12.5 Å². The minimum atomic E-state index is -1.17. The Morgan fingerprint density at radius 1 is 1.18 bits per heavy atom. The molecule has 1 aromatic heterocycles. The van der Waals surface area contributed by atoms with Crippen molar-refractivity contribution in [2.75, 3.05) is 0 Å². The number of carboxylic acid groups (broad SMARTS) is 1. The Morgan fingerprint density at radius 3 is 2.41 bits per heavy atom. The maximum absolute atomic E-state index is 11.1. The third kappa shape index (κ3) is 2.10. The summed E-state index contributed by atoms with van der Waals surface area (Å²) in [6.45, 7) is 1.95. The van der Waals surface area contributed by atoms with Crippen LogP contribution >= 0.6 is 0 Å². The first kappa shape index (κ1) is 11.1. The van der Waals surface area contributed by atoms with Gasteiger partial charge in [-0.15, -0.1) is 0 Å². The van der Waals surface area contributed by atoms with Crippen LogP contribution in [-0.2, 0) is 0 Å². The highest BCUT2D eigenvalue weighted by Crippen LogP contribution is 2.28. The maximum atomic E-state index is 11.1. The molecule has 4 heteroatoms. The Bertz CT molecular complexity index is 561. The highest BCUT2D eigenvalue weighted by molar-refractivity contribution is 5.98. The van der Waals surface area contributed by atoms with Crippen LogP contribution < -0.4 is 0 Å². The van der Waals surface area contributed by atoms with Crippen molar-refractivity contribution in [1.82, 2.24) is 4.98 Å². The summed E-state index contributed by atoms with van der Waals surface area (Å²) in [7, 11) is 0. The third-order valence-corrected chi connectivity index (χ3v) is 2.50. The average Bonchev–Trinajstić information content (AvgIpc) is 2.29. The van der Waals surface area contributed by atoms with E-state index in [-0.39, 0.29) is 11.3 Å². The molecule has 0 saturated heterocycles.